The van der Waals surface area contributed by atoms with Gasteiger partial charge in [0, 0.05) is 12.4 Å². The molecule has 0 amide bonds. The minimum atomic E-state index is -1.30. The highest BCUT2D eigenvalue weighted by atomic mass is 16.5. The molecule has 1 saturated carbocycles. The van der Waals surface area contributed by atoms with Crippen LogP contribution in [0, 0.1) is 0 Å². The normalized spacial score (nSPS) is 15.8. The molecule has 1 fully saturated rings. The minimum Gasteiger partial charge on any atom is -0.548 e. The molecule has 3 rings (SSSR count). The van der Waals surface area contributed by atoms with Crippen molar-refractivity contribution in [1.29, 1.82) is 0 Å². The second kappa shape index (κ2) is 7.68. The van der Waals surface area contributed by atoms with E-state index in [1.807, 2.05) is 25.1 Å². The number of carbonyl (C=O) groups is 1. The molecule has 0 saturated heterocycles. The number of carboxylic acid groups (broad SMARTS) is 1. The average molecular weight is 359 g/mol. The number of carbonyl (C=O) groups excluding carboxylic acids is 1. The monoisotopic (exact) mass is 359 g/mol. The maximum Gasteiger partial charge on any atom is 0.329 e. The molecule has 7 nitrogen and oxygen atoms in total. The van der Waals surface area contributed by atoms with Gasteiger partial charge in [-0.2, -0.15) is 0 Å². The number of aromatic nitrogens is 2. The predicted molar refractivity (Wildman–Crippen MR) is 93.4 cm³/mol. The van der Waals surface area contributed by atoms with Crippen molar-refractivity contribution in [2.75, 3.05) is 7.11 Å². The van der Waals surface area contributed by atoms with Crippen LogP contribution in [0.3, 0.4) is 0 Å². The van der Waals surface area contributed by atoms with Crippen LogP contribution in [0.4, 0.5) is 0 Å². The highest BCUT2D eigenvalue weighted by Crippen LogP contribution is 2.34. The Bertz CT molecular complexity index is 833. The first-order chi connectivity index (χ1) is 12.5. The highest BCUT2D eigenvalue weighted by molar-refractivity contribution is 5.63. The van der Waals surface area contributed by atoms with E-state index in [-0.39, 0.29) is 12.1 Å². The topological polar surface area (TPSA) is 85.5 Å². The molecule has 1 aliphatic rings. The fraction of sp³-hybridized carbons (Fsp3) is 0.474. The highest BCUT2D eigenvalue weighted by Gasteiger charge is 2.20. The Balaban J connectivity index is 1.87. The second-order valence-electron chi connectivity index (χ2n) is 6.60. The van der Waals surface area contributed by atoms with Crippen molar-refractivity contribution < 1.29 is 19.4 Å². The number of carboxylic acids is 1. The molecule has 140 valence electrons. The van der Waals surface area contributed by atoms with Gasteiger partial charge in [0.1, 0.15) is 0 Å². The first-order valence-electron chi connectivity index (χ1n) is 8.81. The van der Waals surface area contributed by atoms with Gasteiger partial charge < -0.3 is 19.4 Å². The van der Waals surface area contributed by atoms with Crippen LogP contribution in [-0.2, 0) is 11.3 Å². The molecule has 0 N–H and O–H groups in total. The molecule has 0 spiro atoms. The zero-order chi connectivity index (χ0) is 18.7. The molecule has 26 heavy (non-hydrogen) atoms. The molecule has 0 bridgehead atoms. The van der Waals surface area contributed by atoms with Gasteiger partial charge in [-0.1, -0.05) is 6.07 Å². The van der Waals surface area contributed by atoms with Crippen LogP contribution < -0.4 is 20.3 Å². The zero-order valence-electron chi connectivity index (χ0n) is 15.0. The lowest BCUT2D eigenvalue weighted by molar-refractivity contribution is -0.306. The average Bonchev–Trinajstić information content (AvgIpc) is 3.24. The van der Waals surface area contributed by atoms with Gasteiger partial charge in [0.05, 0.1) is 31.8 Å². The van der Waals surface area contributed by atoms with Gasteiger partial charge in [-0.15, -0.1) is 0 Å². The van der Waals surface area contributed by atoms with E-state index in [9.17, 15) is 14.7 Å². The Labute approximate surface area is 151 Å². The van der Waals surface area contributed by atoms with Crippen LogP contribution >= 0.6 is 0 Å². The van der Waals surface area contributed by atoms with Crippen molar-refractivity contribution in [3.8, 4) is 11.5 Å². The van der Waals surface area contributed by atoms with E-state index < -0.39 is 18.2 Å². The smallest absolute Gasteiger partial charge is 0.329 e. The summed E-state index contributed by atoms with van der Waals surface area (Å²) in [7, 11) is 1.60. The number of hydrogen-bond donors (Lipinski definition) is 0. The van der Waals surface area contributed by atoms with Crippen LogP contribution in [0.25, 0.3) is 0 Å². The van der Waals surface area contributed by atoms with Crippen LogP contribution in [0.15, 0.2) is 35.4 Å². The first kappa shape index (κ1) is 18.1. The predicted octanol–water partition coefficient (Wildman–Crippen LogP) is 1.34. The van der Waals surface area contributed by atoms with Gasteiger partial charge >= 0.3 is 5.69 Å². The Morgan fingerprint density at radius 1 is 1.27 bits per heavy atom. The standard InChI is InChI=1S/C19H24N2O5/c1-13(21-10-9-20(19(21)24)12-18(22)23)14-7-8-16(25-2)17(11-14)26-15-5-3-4-6-15/h7-11,13,15H,3-6,12H2,1-2H3,(H,22,23)/p-1. The summed E-state index contributed by atoms with van der Waals surface area (Å²) in [6.07, 6.45) is 7.64. The van der Waals surface area contributed by atoms with E-state index >= 15 is 0 Å². The molecule has 7 heteroatoms. The fourth-order valence-electron chi connectivity index (χ4n) is 3.37. The van der Waals surface area contributed by atoms with Gasteiger partial charge in [-0.3, -0.25) is 9.13 Å². The quantitative estimate of drug-likeness (QED) is 0.745. The second-order valence-corrected chi connectivity index (χ2v) is 6.60. The number of hydrogen-bond acceptors (Lipinski definition) is 5. The van der Waals surface area contributed by atoms with E-state index in [2.05, 4.69) is 0 Å². The molecule has 1 atom stereocenters. The van der Waals surface area contributed by atoms with Crippen molar-refractivity contribution in [2.45, 2.75) is 51.3 Å². The van der Waals surface area contributed by atoms with Gasteiger partial charge in [0.2, 0.25) is 0 Å². The molecular weight excluding hydrogens is 336 g/mol. The van der Waals surface area contributed by atoms with Crippen molar-refractivity contribution >= 4 is 5.97 Å². The summed E-state index contributed by atoms with van der Waals surface area (Å²) in [5.74, 6) is 0.0369. The summed E-state index contributed by atoms with van der Waals surface area (Å²) in [4.78, 5) is 23.1. The van der Waals surface area contributed by atoms with Crippen LogP contribution in [0.5, 0.6) is 11.5 Å². The Morgan fingerprint density at radius 2 is 2.00 bits per heavy atom. The molecule has 0 radical (unpaired) electrons. The van der Waals surface area contributed by atoms with Gasteiger partial charge in [-0.05, 0) is 50.3 Å². The number of nitrogens with zero attached hydrogens (tertiary/aromatic N) is 2. The number of benzene rings is 1. The lowest BCUT2D eigenvalue weighted by Crippen LogP contribution is -2.34. The largest absolute Gasteiger partial charge is 0.548 e. The number of rotatable bonds is 7. The van der Waals surface area contributed by atoms with Crippen LogP contribution in [-0.4, -0.2) is 28.3 Å². The molecule has 2 aromatic rings. The van der Waals surface area contributed by atoms with Crippen molar-refractivity contribution in [2.24, 2.45) is 0 Å². The number of methoxy groups -OCH3 is 1. The van der Waals surface area contributed by atoms with Crippen molar-refractivity contribution in [3.63, 3.8) is 0 Å². The summed E-state index contributed by atoms with van der Waals surface area (Å²) < 4.78 is 14.1. The lowest BCUT2D eigenvalue weighted by atomic mass is 10.1. The Hall–Kier alpha value is -2.70. The van der Waals surface area contributed by atoms with E-state index in [1.165, 1.54) is 23.6 Å². The fourth-order valence-corrected chi connectivity index (χ4v) is 3.37. The number of ether oxygens (including phenoxy) is 2. The first-order valence-corrected chi connectivity index (χ1v) is 8.81. The van der Waals surface area contributed by atoms with E-state index in [1.54, 1.807) is 13.3 Å². The van der Waals surface area contributed by atoms with E-state index in [4.69, 9.17) is 9.47 Å². The Morgan fingerprint density at radius 3 is 2.65 bits per heavy atom. The molecule has 1 aliphatic carbocycles. The summed E-state index contributed by atoms with van der Waals surface area (Å²) in [6, 6.07) is 5.33. The molecule has 1 aromatic heterocycles. The number of imidazole rings is 1. The third kappa shape index (κ3) is 3.76. The molecular formula is C19H23N2O5-. The maximum absolute atomic E-state index is 12.4. The maximum atomic E-state index is 12.4. The van der Waals surface area contributed by atoms with E-state index in [0.29, 0.717) is 11.5 Å². The molecule has 1 unspecified atom stereocenters. The molecule has 0 aliphatic heterocycles. The summed E-state index contributed by atoms with van der Waals surface area (Å²) in [5.41, 5.74) is 0.489. The van der Waals surface area contributed by atoms with Gasteiger partial charge in [-0.25, -0.2) is 4.79 Å². The van der Waals surface area contributed by atoms with Crippen LogP contribution in [0.1, 0.15) is 44.2 Å². The van der Waals surface area contributed by atoms with Crippen LogP contribution in [0.2, 0.25) is 0 Å². The van der Waals surface area contributed by atoms with E-state index in [0.717, 1.165) is 23.0 Å². The van der Waals surface area contributed by atoms with Gasteiger partial charge in [0.25, 0.3) is 0 Å². The zero-order valence-corrected chi connectivity index (χ0v) is 15.0. The van der Waals surface area contributed by atoms with Crippen molar-refractivity contribution in [3.05, 3.63) is 46.6 Å². The Kier molecular flexibility index (Phi) is 5.35. The summed E-state index contributed by atoms with van der Waals surface area (Å²) in [5, 5.41) is 10.7. The lowest BCUT2D eigenvalue weighted by Gasteiger charge is -2.19. The summed E-state index contributed by atoms with van der Waals surface area (Å²) in [6.45, 7) is 1.42. The van der Waals surface area contributed by atoms with Gasteiger partial charge in [0.15, 0.2) is 11.5 Å². The molecule has 1 aromatic carbocycles. The number of aliphatic carboxylic acids is 1. The summed E-state index contributed by atoms with van der Waals surface area (Å²) >= 11 is 0. The minimum absolute atomic E-state index is 0.196. The molecule has 1 heterocycles. The third-order valence-electron chi connectivity index (χ3n) is 4.86. The van der Waals surface area contributed by atoms with Crippen molar-refractivity contribution in [1.82, 2.24) is 9.13 Å². The third-order valence-corrected chi connectivity index (χ3v) is 4.86. The SMILES string of the molecule is COc1ccc(C(C)n2ccn(CC(=O)[O-])c2=O)cc1OC1CCCC1.